The predicted octanol–water partition coefficient (Wildman–Crippen LogP) is 0.505. The summed E-state index contributed by atoms with van der Waals surface area (Å²) in [5, 5.41) is 6.00. The van der Waals surface area contributed by atoms with Crippen molar-refractivity contribution in [3.63, 3.8) is 0 Å². The van der Waals surface area contributed by atoms with E-state index in [9.17, 15) is 4.79 Å². The van der Waals surface area contributed by atoms with Crippen molar-refractivity contribution < 1.29 is 9.21 Å². The van der Waals surface area contributed by atoms with Crippen LogP contribution in [0.3, 0.4) is 0 Å². The average Bonchev–Trinajstić information content (AvgIpc) is 2.60. The Hall–Kier alpha value is -1.29. The predicted molar refractivity (Wildman–Crippen MR) is 51.5 cm³/mol. The van der Waals surface area contributed by atoms with Gasteiger partial charge in [-0.05, 0) is 25.1 Å². The Morgan fingerprint density at radius 2 is 2.50 bits per heavy atom. The summed E-state index contributed by atoms with van der Waals surface area (Å²) in [7, 11) is 0. The maximum absolute atomic E-state index is 11.4. The summed E-state index contributed by atoms with van der Waals surface area (Å²) in [5.41, 5.74) is 1.00. The third-order valence-electron chi connectivity index (χ3n) is 2.41. The third-order valence-corrected chi connectivity index (χ3v) is 2.41. The van der Waals surface area contributed by atoms with E-state index in [0.717, 1.165) is 18.7 Å². The van der Waals surface area contributed by atoms with Crippen LogP contribution in [0, 0.1) is 5.92 Å². The van der Waals surface area contributed by atoms with Crippen LogP contribution in [0.2, 0.25) is 0 Å². The second-order valence-corrected chi connectivity index (χ2v) is 3.64. The van der Waals surface area contributed by atoms with Gasteiger partial charge in [0.25, 0.3) is 0 Å². The van der Waals surface area contributed by atoms with Crippen LogP contribution in [0.5, 0.6) is 0 Å². The van der Waals surface area contributed by atoms with Crippen molar-refractivity contribution >= 4 is 5.91 Å². The molecule has 2 N–H and O–H groups in total. The molecule has 0 radical (unpaired) electrons. The highest BCUT2D eigenvalue weighted by Gasteiger charge is 2.19. The minimum absolute atomic E-state index is 0.123. The highest BCUT2D eigenvalue weighted by Crippen LogP contribution is 2.07. The van der Waals surface area contributed by atoms with E-state index in [4.69, 9.17) is 4.42 Å². The Balaban J connectivity index is 1.67. The maximum Gasteiger partial charge on any atom is 0.220 e. The first-order chi connectivity index (χ1) is 6.84. The minimum atomic E-state index is 0.123. The molecule has 0 spiro atoms. The second kappa shape index (κ2) is 4.28. The maximum atomic E-state index is 11.4. The summed E-state index contributed by atoms with van der Waals surface area (Å²) in [6.07, 6.45) is 3.88. The first kappa shape index (κ1) is 9.27. The number of hydrogen-bond acceptors (Lipinski definition) is 3. The molecule has 4 nitrogen and oxygen atoms in total. The van der Waals surface area contributed by atoms with Crippen LogP contribution in [-0.4, -0.2) is 19.0 Å². The molecule has 0 aromatic carbocycles. The molecule has 0 unspecified atom stereocenters. The number of nitrogens with one attached hydrogen (secondary N) is 2. The normalized spacial score (nSPS) is 16.3. The van der Waals surface area contributed by atoms with E-state index < -0.39 is 0 Å². The standard InChI is InChI=1S/C10H14N2O2/c13-10(3-9-4-11-5-9)12-6-8-1-2-14-7-8/h1-2,7,9,11H,3-6H2,(H,12,13). The van der Waals surface area contributed by atoms with Crippen LogP contribution >= 0.6 is 0 Å². The molecular formula is C10H14N2O2. The first-order valence-corrected chi connectivity index (χ1v) is 4.83. The van der Waals surface area contributed by atoms with E-state index >= 15 is 0 Å². The molecule has 4 heteroatoms. The molecule has 0 atom stereocenters. The van der Waals surface area contributed by atoms with Crippen molar-refractivity contribution in [1.82, 2.24) is 10.6 Å². The summed E-state index contributed by atoms with van der Waals surface area (Å²) < 4.78 is 4.90. The number of amides is 1. The van der Waals surface area contributed by atoms with E-state index in [0.29, 0.717) is 18.9 Å². The van der Waals surface area contributed by atoms with E-state index in [2.05, 4.69) is 10.6 Å². The smallest absolute Gasteiger partial charge is 0.220 e. The van der Waals surface area contributed by atoms with Crippen molar-refractivity contribution in [2.45, 2.75) is 13.0 Å². The quantitative estimate of drug-likeness (QED) is 0.734. The molecular weight excluding hydrogens is 180 g/mol. The summed E-state index contributed by atoms with van der Waals surface area (Å²) >= 11 is 0. The number of furan rings is 1. The Morgan fingerprint density at radius 1 is 1.64 bits per heavy atom. The van der Waals surface area contributed by atoms with Crippen molar-refractivity contribution in [3.05, 3.63) is 24.2 Å². The molecule has 1 aliphatic heterocycles. The number of carbonyl (C=O) groups excluding carboxylic acids is 1. The SMILES string of the molecule is O=C(CC1CNC1)NCc1ccoc1. The molecule has 2 heterocycles. The zero-order valence-corrected chi connectivity index (χ0v) is 7.95. The van der Waals surface area contributed by atoms with Crippen LogP contribution in [0.25, 0.3) is 0 Å². The summed E-state index contributed by atoms with van der Waals surface area (Å²) in [5.74, 6) is 0.650. The van der Waals surface area contributed by atoms with E-state index in [1.54, 1.807) is 12.5 Å². The van der Waals surface area contributed by atoms with Gasteiger partial charge in [-0.2, -0.15) is 0 Å². The molecule has 0 saturated carbocycles. The van der Waals surface area contributed by atoms with Gasteiger partial charge in [0.05, 0.1) is 12.5 Å². The Kier molecular flexibility index (Phi) is 2.84. The van der Waals surface area contributed by atoms with E-state index in [1.165, 1.54) is 0 Å². The van der Waals surface area contributed by atoms with Gasteiger partial charge in [0.1, 0.15) is 0 Å². The molecule has 1 amide bonds. The summed E-state index contributed by atoms with van der Waals surface area (Å²) in [6.45, 7) is 2.51. The highest BCUT2D eigenvalue weighted by atomic mass is 16.3. The fraction of sp³-hybridized carbons (Fsp3) is 0.500. The summed E-state index contributed by atoms with van der Waals surface area (Å²) in [6, 6.07) is 1.85. The van der Waals surface area contributed by atoms with Gasteiger partial charge < -0.3 is 15.1 Å². The molecule has 2 rings (SSSR count). The van der Waals surface area contributed by atoms with E-state index in [1.807, 2.05) is 6.07 Å². The molecule has 14 heavy (non-hydrogen) atoms. The fourth-order valence-corrected chi connectivity index (χ4v) is 1.42. The lowest BCUT2D eigenvalue weighted by Gasteiger charge is -2.26. The zero-order chi connectivity index (χ0) is 9.80. The van der Waals surface area contributed by atoms with Crippen molar-refractivity contribution in [2.75, 3.05) is 13.1 Å². The topological polar surface area (TPSA) is 54.3 Å². The summed E-state index contributed by atoms with van der Waals surface area (Å²) in [4.78, 5) is 11.4. The van der Waals surface area contributed by atoms with Gasteiger partial charge in [-0.15, -0.1) is 0 Å². The lowest BCUT2D eigenvalue weighted by atomic mass is 9.99. The molecule has 76 valence electrons. The second-order valence-electron chi connectivity index (χ2n) is 3.64. The largest absolute Gasteiger partial charge is 0.472 e. The van der Waals surface area contributed by atoms with Gasteiger partial charge in [-0.25, -0.2) is 0 Å². The van der Waals surface area contributed by atoms with Gasteiger partial charge >= 0.3 is 0 Å². The Labute approximate surface area is 82.7 Å². The van der Waals surface area contributed by atoms with E-state index in [-0.39, 0.29) is 5.91 Å². The third kappa shape index (κ3) is 2.35. The number of carbonyl (C=O) groups is 1. The molecule has 1 saturated heterocycles. The van der Waals surface area contributed by atoms with Gasteiger partial charge in [0.2, 0.25) is 5.91 Å². The van der Waals surface area contributed by atoms with Crippen LogP contribution in [0.4, 0.5) is 0 Å². The van der Waals surface area contributed by atoms with Gasteiger partial charge in [0, 0.05) is 18.5 Å². The van der Waals surface area contributed by atoms with Gasteiger partial charge in [-0.3, -0.25) is 4.79 Å². The zero-order valence-electron chi connectivity index (χ0n) is 7.95. The highest BCUT2D eigenvalue weighted by molar-refractivity contribution is 5.76. The monoisotopic (exact) mass is 194 g/mol. The first-order valence-electron chi connectivity index (χ1n) is 4.83. The van der Waals surface area contributed by atoms with Crippen LogP contribution in [0.15, 0.2) is 23.0 Å². The van der Waals surface area contributed by atoms with Crippen LogP contribution in [-0.2, 0) is 11.3 Å². The van der Waals surface area contributed by atoms with Crippen molar-refractivity contribution in [3.8, 4) is 0 Å². The van der Waals surface area contributed by atoms with Gasteiger partial charge in [-0.1, -0.05) is 0 Å². The number of rotatable bonds is 4. The fourth-order valence-electron chi connectivity index (χ4n) is 1.42. The van der Waals surface area contributed by atoms with Crippen LogP contribution in [0.1, 0.15) is 12.0 Å². The molecule has 1 aromatic heterocycles. The van der Waals surface area contributed by atoms with Crippen LogP contribution < -0.4 is 10.6 Å². The van der Waals surface area contributed by atoms with Crippen molar-refractivity contribution in [1.29, 1.82) is 0 Å². The Bertz CT molecular complexity index is 291. The molecule has 0 aliphatic carbocycles. The lowest BCUT2D eigenvalue weighted by molar-refractivity contribution is -0.122. The van der Waals surface area contributed by atoms with Gasteiger partial charge in [0.15, 0.2) is 0 Å². The average molecular weight is 194 g/mol. The lowest BCUT2D eigenvalue weighted by Crippen LogP contribution is -2.44. The Morgan fingerprint density at radius 3 is 3.07 bits per heavy atom. The van der Waals surface area contributed by atoms with Crippen molar-refractivity contribution in [2.24, 2.45) is 5.92 Å². The molecule has 1 aliphatic rings. The minimum Gasteiger partial charge on any atom is -0.472 e. The molecule has 1 aromatic rings. The number of hydrogen-bond donors (Lipinski definition) is 2. The molecule has 1 fully saturated rings. The molecule has 0 bridgehead atoms.